The molecule has 1 aromatic heterocycles. The van der Waals surface area contributed by atoms with Crippen molar-refractivity contribution in [1.29, 1.82) is 5.26 Å². The van der Waals surface area contributed by atoms with Gasteiger partial charge in [-0.1, -0.05) is 133 Å². The molecule has 0 atom stereocenters. The maximum absolute atomic E-state index is 15.0. The van der Waals surface area contributed by atoms with Crippen molar-refractivity contribution in [3.8, 4) is 45.1 Å². The molecule has 0 saturated heterocycles. The van der Waals surface area contributed by atoms with Crippen molar-refractivity contribution < 1.29 is 9.59 Å². The molecule has 1 aliphatic heterocycles. The van der Waals surface area contributed by atoms with Gasteiger partial charge >= 0.3 is 0 Å². The maximum Gasteiger partial charge on any atom is 0.268 e. The Morgan fingerprint density at radius 1 is 0.460 bits per heavy atom. The summed E-state index contributed by atoms with van der Waals surface area (Å²) in [5, 5.41) is 11.5. The second kappa shape index (κ2) is 11.6. The standard InChI is InChI=1S/C45H27N3O2/c46-28-29-24-26-32(27-25-29)35-19-10-20-37-36-16-7-8-22-39(36)47(43(35)37)40-23-11-21-38-41(40)45(50)48(44(38)49)42-33(30-12-3-1-4-13-30)17-9-18-34(42)31-14-5-2-6-15-31/h1-27H. The minimum Gasteiger partial charge on any atom is -0.308 e. The average molecular weight is 642 g/mol. The Kier molecular flexibility index (Phi) is 6.75. The van der Waals surface area contributed by atoms with E-state index in [0.717, 1.165) is 55.2 Å². The van der Waals surface area contributed by atoms with Crippen LogP contribution in [0.5, 0.6) is 0 Å². The van der Waals surface area contributed by atoms with Crippen LogP contribution in [0.15, 0.2) is 164 Å². The van der Waals surface area contributed by atoms with Gasteiger partial charge in [-0.3, -0.25) is 9.59 Å². The zero-order chi connectivity index (χ0) is 33.8. The third kappa shape index (κ3) is 4.40. The molecule has 0 unspecified atom stereocenters. The molecule has 2 heterocycles. The summed E-state index contributed by atoms with van der Waals surface area (Å²) >= 11 is 0. The molecule has 0 fully saturated rings. The molecule has 9 rings (SSSR count). The lowest BCUT2D eigenvalue weighted by Gasteiger charge is -2.23. The number of anilines is 1. The van der Waals surface area contributed by atoms with E-state index < -0.39 is 0 Å². The van der Waals surface area contributed by atoms with Crippen LogP contribution in [0.2, 0.25) is 0 Å². The van der Waals surface area contributed by atoms with Crippen LogP contribution in [0.25, 0.3) is 60.9 Å². The maximum atomic E-state index is 15.0. The third-order valence-electron chi connectivity index (χ3n) is 9.58. The molecule has 0 aliphatic carbocycles. The zero-order valence-corrected chi connectivity index (χ0v) is 26.7. The Bertz CT molecular complexity index is 2630. The fraction of sp³-hybridized carbons (Fsp3) is 0. The van der Waals surface area contributed by atoms with E-state index in [9.17, 15) is 10.1 Å². The molecule has 5 heteroatoms. The van der Waals surface area contributed by atoms with Gasteiger partial charge in [-0.15, -0.1) is 0 Å². The van der Waals surface area contributed by atoms with Crippen molar-refractivity contribution in [2.24, 2.45) is 0 Å². The van der Waals surface area contributed by atoms with Gasteiger partial charge in [0.15, 0.2) is 0 Å². The van der Waals surface area contributed by atoms with Crippen LogP contribution >= 0.6 is 0 Å². The zero-order valence-electron chi connectivity index (χ0n) is 26.7. The predicted molar refractivity (Wildman–Crippen MR) is 199 cm³/mol. The molecule has 50 heavy (non-hydrogen) atoms. The Morgan fingerprint density at radius 2 is 1.00 bits per heavy atom. The highest BCUT2D eigenvalue weighted by molar-refractivity contribution is 6.37. The minimum atomic E-state index is -0.372. The van der Waals surface area contributed by atoms with Gasteiger partial charge < -0.3 is 4.57 Å². The molecule has 7 aromatic carbocycles. The van der Waals surface area contributed by atoms with Crippen LogP contribution < -0.4 is 4.90 Å². The van der Waals surface area contributed by atoms with Gasteiger partial charge in [0.05, 0.1) is 45.2 Å². The van der Waals surface area contributed by atoms with Crippen LogP contribution in [-0.2, 0) is 0 Å². The summed E-state index contributed by atoms with van der Waals surface area (Å²) in [6.07, 6.45) is 0. The SMILES string of the molecule is N#Cc1ccc(-c2cccc3c4ccccc4n(-c4cccc5c4C(=O)N(c4c(-c6ccccc6)cccc4-c4ccccc4)C5=O)c23)cc1. The number of carbonyl (C=O) groups is 2. The molecule has 0 spiro atoms. The Balaban J connectivity index is 1.31. The fourth-order valence-corrected chi connectivity index (χ4v) is 7.37. The molecule has 0 N–H and O–H groups in total. The fourth-order valence-electron chi connectivity index (χ4n) is 7.37. The van der Waals surface area contributed by atoms with E-state index in [2.05, 4.69) is 34.9 Å². The Morgan fingerprint density at radius 3 is 1.68 bits per heavy atom. The number of imide groups is 1. The molecule has 8 aromatic rings. The first kappa shape index (κ1) is 29.1. The lowest BCUT2D eigenvalue weighted by atomic mass is 9.95. The third-order valence-corrected chi connectivity index (χ3v) is 9.58. The highest BCUT2D eigenvalue weighted by Crippen LogP contribution is 2.45. The van der Waals surface area contributed by atoms with Gasteiger partial charge in [0, 0.05) is 27.5 Å². The highest BCUT2D eigenvalue weighted by Gasteiger charge is 2.41. The Hall–Kier alpha value is -7.03. The normalized spacial score (nSPS) is 12.4. The van der Waals surface area contributed by atoms with E-state index in [4.69, 9.17) is 0 Å². The summed E-state index contributed by atoms with van der Waals surface area (Å²) in [7, 11) is 0. The summed E-state index contributed by atoms with van der Waals surface area (Å²) in [5.74, 6) is -0.733. The molecule has 0 saturated carbocycles. The molecular formula is C45H27N3O2. The largest absolute Gasteiger partial charge is 0.308 e. The van der Waals surface area contributed by atoms with Gasteiger partial charge in [-0.2, -0.15) is 5.26 Å². The molecule has 234 valence electrons. The summed E-state index contributed by atoms with van der Waals surface area (Å²) in [6.45, 7) is 0. The van der Waals surface area contributed by atoms with E-state index >= 15 is 4.79 Å². The van der Waals surface area contributed by atoms with Crippen LogP contribution in [-0.4, -0.2) is 16.4 Å². The summed E-state index contributed by atoms with van der Waals surface area (Å²) in [6, 6.07) is 55.3. The summed E-state index contributed by atoms with van der Waals surface area (Å²) in [5.41, 5.74) is 9.63. The first-order valence-electron chi connectivity index (χ1n) is 16.4. The molecule has 0 bridgehead atoms. The average Bonchev–Trinajstić information content (AvgIpc) is 3.65. The van der Waals surface area contributed by atoms with Crippen molar-refractivity contribution in [3.05, 3.63) is 180 Å². The number of benzene rings is 7. The van der Waals surface area contributed by atoms with Crippen LogP contribution in [0.3, 0.4) is 0 Å². The van der Waals surface area contributed by atoms with Crippen molar-refractivity contribution in [3.63, 3.8) is 0 Å². The van der Waals surface area contributed by atoms with Crippen molar-refractivity contribution in [1.82, 2.24) is 4.57 Å². The van der Waals surface area contributed by atoms with Gasteiger partial charge in [0.25, 0.3) is 11.8 Å². The van der Waals surface area contributed by atoms with Gasteiger partial charge in [-0.25, -0.2) is 4.90 Å². The molecule has 2 amide bonds. The number of nitriles is 1. The van der Waals surface area contributed by atoms with E-state index in [0.29, 0.717) is 28.1 Å². The summed E-state index contributed by atoms with van der Waals surface area (Å²) in [4.78, 5) is 31.1. The van der Waals surface area contributed by atoms with E-state index in [1.54, 1.807) is 6.07 Å². The quantitative estimate of drug-likeness (QED) is 0.176. The number of nitrogens with zero attached hydrogens (tertiary/aromatic N) is 3. The van der Waals surface area contributed by atoms with E-state index in [1.807, 2.05) is 133 Å². The molecule has 5 nitrogen and oxygen atoms in total. The topological polar surface area (TPSA) is 66.1 Å². The number of hydrogen-bond donors (Lipinski definition) is 0. The van der Waals surface area contributed by atoms with E-state index in [1.165, 1.54) is 4.90 Å². The highest BCUT2D eigenvalue weighted by atomic mass is 16.2. The van der Waals surface area contributed by atoms with Gasteiger partial charge in [0.1, 0.15) is 0 Å². The molecule has 0 radical (unpaired) electrons. The van der Waals surface area contributed by atoms with Crippen LogP contribution in [0.4, 0.5) is 5.69 Å². The van der Waals surface area contributed by atoms with Crippen LogP contribution in [0.1, 0.15) is 26.3 Å². The second-order valence-corrected chi connectivity index (χ2v) is 12.3. The number of amides is 2. The van der Waals surface area contributed by atoms with Crippen molar-refractivity contribution >= 4 is 39.3 Å². The minimum absolute atomic E-state index is 0.358. The van der Waals surface area contributed by atoms with Gasteiger partial charge in [0.2, 0.25) is 0 Å². The lowest BCUT2D eigenvalue weighted by molar-refractivity contribution is 0.0926. The number of para-hydroxylation sites is 3. The van der Waals surface area contributed by atoms with Crippen molar-refractivity contribution in [2.75, 3.05) is 4.90 Å². The van der Waals surface area contributed by atoms with Crippen molar-refractivity contribution in [2.45, 2.75) is 0 Å². The van der Waals surface area contributed by atoms with Gasteiger partial charge in [-0.05, 0) is 47.0 Å². The number of rotatable bonds is 5. The first-order chi connectivity index (χ1) is 24.6. The van der Waals surface area contributed by atoms with E-state index in [-0.39, 0.29) is 11.8 Å². The molecular weight excluding hydrogens is 615 g/mol. The number of hydrogen-bond acceptors (Lipinski definition) is 3. The molecule has 1 aliphatic rings. The number of fused-ring (bicyclic) bond motifs is 4. The number of carbonyl (C=O) groups excluding carboxylic acids is 2. The Labute approximate surface area is 288 Å². The summed E-state index contributed by atoms with van der Waals surface area (Å²) < 4.78 is 2.12. The predicted octanol–water partition coefficient (Wildman–Crippen LogP) is 10.5. The monoisotopic (exact) mass is 641 g/mol. The first-order valence-corrected chi connectivity index (χ1v) is 16.4. The smallest absolute Gasteiger partial charge is 0.268 e. The lowest BCUT2D eigenvalue weighted by Crippen LogP contribution is -2.30. The second-order valence-electron chi connectivity index (χ2n) is 12.3. The van der Waals surface area contributed by atoms with Crippen LogP contribution in [0, 0.1) is 11.3 Å². The number of aromatic nitrogens is 1.